The van der Waals surface area contributed by atoms with Gasteiger partial charge >= 0.3 is 0 Å². The number of nitrogens with zero attached hydrogens (tertiary/aromatic N) is 2. The van der Waals surface area contributed by atoms with Gasteiger partial charge in [0.1, 0.15) is 11.4 Å². The third-order valence-corrected chi connectivity index (χ3v) is 6.22. The van der Waals surface area contributed by atoms with Crippen LogP contribution in [-0.2, 0) is 4.79 Å². The molecule has 2 aliphatic heterocycles. The van der Waals surface area contributed by atoms with Crippen LogP contribution in [0.5, 0.6) is 0 Å². The van der Waals surface area contributed by atoms with Crippen LogP contribution in [0.25, 0.3) is 0 Å². The zero-order valence-corrected chi connectivity index (χ0v) is 13.4. The van der Waals surface area contributed by atoms with E-state index in [4.69, 9.17) is 4.99 Å². The van der Waals surface area contributed by atoms with Gasteiger partial charge in [0.2, 0.25) is 0 Å². The van der Waals surface area contributed by atoms with Gasteiger partial charge in [0.25, 0.3) is 5.91 Å². The molecule has 2 aliphatic carbocycles. The standard InChI is InChI=1S/C19H23N3O/c23-18-19(21-17(20-18)14-4-2-1-3-5-14)9-8-15-11-22(12-16(15)19)10-13-6-7-13/h1-5,13,15-16H,6-12H2,(H,20,21,23)/t15-,16+,19-/m0/s1. The summed E-state index contributed by atoms with van der Waals surface area (Å²) in [6.07, 6.45) is 4.86. The van der Waals surface area contributed by atoms with Gasteiger partial charge in [-0.2, -0.15) is 0 Å². The molecular formula is C19H23N3O. The number of amides is 1. The Morgan fingerprint density at radius 2 is 2.00 bits per heavy atom. The highest BCUT2D eigenvalue weighted by molar-refractivity contribution is 6.15. The molecule has 5 rings (SSSR count). The Labute approximate surface area is 137 Å². The van der Waals surface area contributed by atoms with Gasteiger partial charge in [-0.1, -0.05) is 30.3 Å². The van der Waals surface area contributed by atoms with Gasteiger partial charge in [-0.25, -0.2) is 0 Å². The molecule has 120 valence electrons. The second kappa shape index (κ2) is 4.91. The minimum absolute atomic E-state index is 0.136. The molecule has 0 bridgehead atoms. The van der Waals surface area contributed by atoms with Crippen molar-refractivity contribution in [2.75, 3.05) is 19.6 Å². The summed E-state index contributed by atoms with van der Waals surface area (Å²) in [4.78, 5) is 20.4. The van der Waals surface area contributed by atoms with Crippen molar-refractivity contribution >= 4 is 11.7 Å². The molecule has 1 aromatic rings. The lowest BCUT2D eigenvalue weighted by molar-refractivity contribution is -0.124. The van der Waals surface area contributed by atoms with Crippen molar-refractivity contribution in [2.24, 2.45) is 22.7 Å². The van der Waals surface area contributed by atoms with E-state index in [2.05, 4.69) is 10.2 Å². The molecule has 4 nitrogen and oxygen atoms in total. The zero-order valence-electron chi connectivity index (χ0n) is 13.4. The van der Waals surface area contributed by atoms with Crippen LogP contribution in [0, 0.1) is 17.8 Å². The predicted molar refractivity (Wildman–Crippen MR) is 89.2 cm³/mol. The van der Waals surface area contributed by atoms with Gasteiger partial charge in [0, 0.05) is 31.1 Å². The first-order valence-electron chi connectivity index (χ1n) is 8.94. The number of fused-ring (bicyclic) bond motifs is 2. The molecule has 2 saturated carbocycles. The number of hydrogen-bond acceptors (Lipinski definition) is 3. The highest BCUT2D eigenvalue weighted by Crippen LogP contribution is 2.49. The Balaban J connectivity index is 1.42. The topological polar surface area (TPSA) is 44.7 Å². The Kier molecular flexibility index (Phi) is 2.93. The second-order valence-corrected chi connectivity index (χ2v) is 7.77. The molecule has 1 N–H and O–H groups in total. The first-order chi connectivity index (χ1) is 11.2. The molecule has 0 unspecified atom stereocenters. The quantitative estimate of drug-likeness (QED) is 0.929. The largest absolute Gasteiger partial charge is 0.308 e. The van der Waals surface area contributed by atoms with Crippen LogP contribution in [0.1, 0.15) is 31.2 Å². The van der Waals surface area contributed by atoms with Crippen molar-refractivity contribution in [1.29, 1.82) is 0 Å². The van der Waals surface area contributed by atoms with Gasteiger partial charge in [0.05, 0.1) is 0 Å². The lowest BCUT2D eigenvalue weighted by Gasteiger charge is -2.25. The zero-order chi connectivity index (χ0) is 15.4. The number of likely N-dealkylation sites (tertiary alicyclic amines) is 1. The fraction of sp³-hybridized carbons (Fsp3) is 0.579. The molecule has 2 heterocycles. The van der Waals surface area contributed by atoms with Crippen molar-refractivity contribution in [2.45, 2.75) is 31.2 Å². The van der Waals surface area contributed by atoms with E-state index in [1.54, 1.807) is 0 Å². The summed E-state index contributed by atoms with van der Waals surface area (Å²) >= 11 is 0. The van der Waals surface area contributed by atoms with Gasteiger partial charge in [-0.3, -0.25) is 9.79 Å². The minimum atomic E-state index is -0.492. The predicted octanol–water partition coefficient (Wildman–Crippen LogP) is 2.05. The number of carbonyl (C=O) groups excluding carboxylic acids is 1. The Morgan fingerprint density at radius 3 is 2.78 bits per heavy atom. The summed E-state index contributed by atoms with van der Waals surface area (Å²) in [5.41, 5.74) is 0.530. The van der Waals surface area contributed by atoms with E-state index in [0.717, 1.165) is 36.7 Å². The molecule has 0 radical (unpaired) electrons. The molecule has 0 aromatic heterocycles. The summed E-state index contributed by atoms with van der Waals surface area (Å²) in [5.74, 6) is 2.89. The van der Waals surface area contributed by atoms with E-state index in [1.807, 2.05) is 30.3 Å². The summed E-state index contributed by atoms with van der Waals surface area (Å²) < 4.78 is 0. The fourth-order valence-corrected chi connectivity index (χ4v) is 4.85. The molecule has 1 spiro atoms. The fourth-order valence-electron chi connectivity index (χ4n) is 4.85. The third-order valence-electron chi connectivity index (χ3n) is 6.22. The number of hydrogen-bond donors (Lipinski definition) is 1. The van der Waals surface area contributed by atoms with Gasteiger partial charge in [-0.15, -0.1) is 0 Å². The molecule has 1 saturated heterocycles. The maximum atomic E-state index is 12.8. The van der Waals surface area contributed by atoms with Crippen LogP contribution >= 0.6 is 0 Å². The van der Waals surface area contributed by atoms with Crippen molar-refractivity contribution in [3.05, 3.63) is 35.9 Å². The summed E-state index contributed by atoms with van der Waals surface area (Å²) in [6.45, 7) is 3.46. The lowest BCUT2D eigenvalue weighted by atomic mass is 9.85. The van der Waals surface area contributed by atoms with Crippen LogP contribution in [-0.4, -0.2) is 41.8 Å². The minimum Gasteiger partial charge on any atom is -0.308 e. The van der Waals surface area contributed by atoms with Crippen molar-refractivity contribution in [3.8, 4) is 0 Å². The first-order valence-corrected chi connectivity index (χ1v) is 8.94. The maximum Gasteiger partial charge on any atom is 0.253 e. The molecule has 1 aromatic carbocycles. The highest BCUT2D eigenvalue weighted by atomic mass is 16.2. The van der Waals surface area contributed by atoms with Crippen molar-refractivity contribution < 1.29 is 4.79 Å². The number of benzene rings is 1. The average molecular weight is 309 g/mol. The molecule has 4 aliphatic rings. The molecule has 3 fully saturated rings. The SMILES string of the molecule is O=C1NC(c2ccccc2)=N[C@]12CC[C@H]1CN(CC3CC3)C[C@H]12. The second-order valence-electron chi connectivity index (χ2n) is 7.77. The summed E-state index contributed by atoms with van der Waals surface area (Å²) in [5, 5.41) is 3.08. The lowest BCUT2D eigenvalue weighted by Crippen LogP contribution is -2.45. The van der Waals surface area contributed by atoms with Gasteiger partial charge < -0.3 is 10.2 Å². The molecular weight excluding hydrogens is 286 g/mol. The van der Waals surface area contributed by atoms with Crippen LogP contribution in [0.4, 0.5) is 0 Å². The maximum absolute atomic E-state index is 12.8. The Hall–Kier alpha value is -1.68. The normalized spacial score (nSPS) is 36.3. The smallest absolute Gasteiger partial charge is 0.253 e. The molecule has 1 amide bonds. The molecule has 23 heavy (non-hydrogen) atoms. The average Bonchev–Trinajstić information content (AvgIpc) is 3.04. The first kappa shape index (κ1) is 13.7. The summed E-state index contributed by atoms with van der Waals surface area (Å²) in [7, 11) is 0. The number of aliphatic imine (C=N–C) groups is 1. The van der Waals surface area contributed by atoms with Crippen LogP contribution in [0.15, 0.2) is 35.3 Å². The van der Waals surface area contributed by atoms with Crippen LogP contribution < -0.4 is 5.32 Å². The van der Waals surface area contributed by atoms with Crippen molar-refractivity contribution in [3.63, 3.8) is 0 Å². The Bertz CT molecular complexity index is 666. The number of amidine groups is 1. The van der Waals surface area contributed by atoms with Gasteiger partial charge in [0.15, 0.2) is 0 Å². The number of nitrogens with one attached hydrogen (secondary N) is 1. The summed E-state index contributed by atoms with van der Waals surface area (Å²) in [6, 6.07) is 10.0. The molecule has 3 atom stereocenters. The van der Waals surface area contributed by atoms with Gasteiger partial charge in [-0.05, 0) is 37.5 Å². The van der Waals surface area contributed by atoms with E-state index in [0.29, 0.717) is 11.8 Å². The van der Waals surface area contributed by atoms with E-state index >= 15 is 0 Å². The molecule has 4 heteroatoms. The van der Waals surface area contributed by atoms with E-state index < -0.39 is 5.54 Å². The number of rotatable bonds is 3. The van der Waals surface area contributed by atoms with E-state index in [1.165, 1.54) is 25.9 Å². The van der Waals surface area contributed by atoms with Crippen LogP contribution in [0.3, 0.4) is 0 Å². The number of carbonyl (C=O) groups is 1. The Morgan fingerprint density at radius 1 is 1.17 bits per heavy atom. The third kappa shape index (κ3) is 2.15. The van der Waals surface area contributed by atoms with E-state index in [9.17, 15) is 4.79 Å². The monoisotopic (exact) mass is 309 g/mol. The highest BCUT2D eigenvalue weighted by Gasteiger charge is 2.59. The van der Waals surface area contributed by atoms with Crippen molar-refractivity contribution in [1.82, 2.24) is 10.2 Å². The van der Waals surface area contributed by atoms with Crippen LogP contribution in [0.2, 0.25) is 0 Å². The van der Waals surface area contributed by atoms with E-state index in [-0.39, 0.29) is 5.91 Å².